The first-order valence-corrected chi connectivity index (χ1v) is 5.61. The van der Waals surface area contributed by atoms with Gasteiger partial charge in [0.1, 0.15) is 0 Å². The van der Waals surface area contributed by atoms with Crippen molar-refractivity contribution in [1.29, 1.82) is 0 Å². The van der Waals surface area contributed by atoms with Crippen LogP contribution in [0.1, 0.15) is 0 Å². The Bertz CT molecular complexity index is 610. The third kappa shape index (κ3) is 1.06. The van der Waals surface area contributed by atoms with Gasteiger partial charge >= 0.3 is 0 Å². The molecule has 0 spiro atoms. The van der Waals surface area contributed by atoms with Crippen LogP contribution in [-0.4, -0.2) is 0 Å². The molecule has 0 radical (unpaired) electrons. The Labute approximate surface area is 90.7 Å². The molecule has 0 saturated carbocycles. The molecule has 0 N–H and O–H groups in total. The van der Waals surface area contributed by atoms with Gasteiger partial charge in [-0.15, -0.1) is 11.3 Å². The Morgan fingerprint density at radius 2 is 1.64 bits per heavy atom. The van der Waals surface area contributed by atoms with Gasteiger partial charge in [-0.25, -0.2) is 0 Å². The quantitative estimate of drug-likeness (QED) is 0.513. The number of hydrogen-bond donors (Lipinski definition) is 0. The SMILES string of the molecule is Clc1cccc2sc3ccccc3c12. The monoisotopic (exact) mass is 218 g/mol. The van der Waals surface area contributed by atoms with Crippen LogP contribution in [-0.2, 0) is 0 Å². The van der Waals surface area contributed by atoms with Crippen molar-refractivity contribution in [3.63, 3.8) is 0 Å². The molecule has 0 saturated heterocycles. The first kappa shape index (κ1) is 8.27. The highest BCUT2D eigenvalue weighted by molar-refractivity contribution is 7.25. The smallest absolute Gasteiger partial charge is 0.0499 e. The predicted octanol–water partition coefficient (Wildman–Crippen LogP) is 4.71. The lowest BCUT2D eigenvalue weighted by atomic mass is 10.1. The van der Waals surface area contributed by atoms with E-state index in [1.54, 1.807) is 11.3 Å². The third-order valence-electron chi connectivity index (χ3n) is 2.35. The zero-order valence-electron chi connectivity index (χ0n) is 7.33. The number of rotatable bonds is 0. The van der Waals surface area contributed by atoms with Crippen molar-refractivity contribution in [3.05, 3.63) is 47.5 Å². The van der Waals surface area contributed by atoms with E-state index in [-0.39, 0.29) is 0 Å². The van der Waals surface area contributed by atoms with Crippen molar-refractivity contribution >= 4 is 43.1 Å². The maximum absolute atomic E-state index is 6.18. The normalized spacial score (nSPS) is 11.2. The van der Waals surface area contributed by atoms with Gasteiger partial charge in [0, 0.05) is 25.2 Å². The van der Waals surface area contributed by atoms with Crippen LogP contribution >= 0.6 is 22.9 Å². The van der Waals surface area contributed by atoms with Gasteiger partial charge in [0.25, 0.3) is 0 Å². The van der Waals surface area contributed by atoms with Crippen LogP contribution < -0.4 is 0 Å². The summed E-state index contributed by atoms with van der Waals surface area (Å²) in [6.07, 6.45) is 0. The number of hydrogen-bond acceptors (Lipinski definition) is 1. The van der Waals surface area contributed by atoms with Crippen molar-refractivity contribution in [2.24, 2.45) is 0 Å². The summed E-state index contributed by atoms with van der Waals surface area (Å²) < 4.78 is 2.56. The second kappa shape index (κ2) is 2.97. The Balaban J connectivity index is 2.65. The summed E-state index contributed by atoms with van der Waals surface area (Å²) in [5, 5.41) is 3.30. The van der Waals surface area contributed by atoms with Crippen LogP contribution in [0.2, 0.25) is 5.02 Å². The largest absolute Gasteiger partial charge is 0.135 e. The van der Waals surface area contributed by atoms with Crippen LogP contribution in [0, 0.1) is 0 Å². The molecule has 14 heavy (non-hydrogen) atoms. The summed E-state index contributed by atoms with van der Waals surface area (Å²) >= 11 is 7.98. The third-order valence-corrected chi connectivity index (χ3v) is 3.80. The van der Waals surface area contributed by atoms with E-state index in [4.69, 9.17) is 11.6 Å². The molecule has 3 aromatic rings. The van der Waals surface area contributed by atoms with E-state index in [1.807, 2.05) is 12.1 Å². The highest BCUT2D eigenvalue weighted by atomic mass is 35.5. The molecule has 1 aromatic heterocycles. The maximum atomic E-state index is 6.18. The summed E-state index contributed by atoms with van der Waals surface area (Å²) in [6.45, 7) is 0. The molecule has 1 heterocycles. The van der Waals surface area contributed by atoms with Crippen LogP contribution in [0.5, 0.6) is 0 Å². The fourth-order valence-electron chi connectivity index (χ4n) is 1.73. The minimum absolute atomic E-state index is 0.847. The van der Waals surface area contributed by atoms with Crippen LogP contribution in [0.25, 0.3) is 20.2 Å². The van der Waals surface area contributed by atoms with E-state index in [0.717, 1.165) is 5.02 Å². The van der Waals surface area contributed by atoms with Crippen molar-refractivity contribution < 1.29 is 0 Å². The molecule has 0 atom stereocenters. The Kier molecular flexibility index (Phi) is 1.76. The van der Waals surface area contributed by atoms with Crippen LogP contribution in [0.3, 0.4) is 0 Å². The van der Waals surface area contributed by atoms with Gasteiger partial charge in [-0.1, -0.05) is 35.9 Å². The van der Waals surface area contributed by atoms with E-state index in [2.05, 4.69) is 30.3 Å². The van der Waals surface area contributed by atoms with Gasteiger partial charge in [0.2, 0.25) is 0 Å². The zero-order chi connectivity index (χ0) is 9.54. The molecule has 0 aliphatic rings. The van der Waals surface area contributed by atoms with Gasteiger partial charge in [-0.2, -0.15) is 0 Å². The number of benzene rings is 2. The summed E-state index contributed by atoms with van der Waals surface area (Å²) in [7, 11) is 0. The van der Waals surface area contributed by atoms with Crippen LogP contribution in [0.15, 0.2) is 42.5 Å². The van der Waals surface area contributed by atoms with Gasteiger partial charge in [0.15, 0.2) is 0 Å². The molecule has 0 unspecified atom stereocenters. The molecule has 0 fully saturated rings. The number of halogens is 1. The van der Waals surface area contributed by atoms with Crippen molar-refractivity contribution in [2.45, 2.75) is 0 Å². The van der Waals surface area contributed by atoms with Crippen molar-refractivity contribution in [2.75, 3.05) is 0 Å². The van der Waals surface area contributed by atoms with E-state index in [0.29, 0.717) is 0 Å². The highest BCUT2D eigenvalue weighted by Gasteiger charge is 2.06. The van der Waals surface area contributed by atoms with E-state index >= 15 is 0 Å². The van der Waals surface area contributed by atoms with Crippen molar-refractivity contribution in [1.82, 2.24) is 0 Å². The molecule has 0 aliphatic heterocycles. The van der Waals surface area contributed by atoms with E-state index in [1.165, 1.54) is 20.2 Å². The second-order valence-corrected chi connectivity index (χ2v) is 4.70. The Morgan fingerprint density at radius 1 is 0.857 bits per heavy atom. The molecular weight excluding hydrogens is 212 g/mol. The average Bonchev–Trinajstić information content (AvgIpc) is 2.57. The Hall–Kier alpha value is -1.05. The lowest BCUT2D eigenvalue weighted by Gasteiger charge is -1.93. The average molecular weight is 219 g/mol. The van der Waals surface area contributed by atoms with Gasteiger partial charge in [-0.05, 0) is 18.2 Å². The second-order valence-electron chi connectivity index (χ2n) is 3.21. The summed E-state index contributed by atoms with van der Waals surface area (Å²) in [5.41, 5.74) is 0. The lowest BCUT2D eigenvalue weighted by Crippen LogP contribution is -1.67. The Morgan fingerprint density at radius 3 is 2.57 bits per heavy atom. The summed E-state index contributed by atoms with van der Waals surface area (Å²) in [4.78, 5) is 0. The standard InChI is InChI=1S/C12H7ClS/c13-9-5-3-7-11-12(9)8-4-1-2-6-10(8)14-11/h1-7H. The number of fused-ring (bicyclic) bond motifs is 3. The molecule has 0 nitrogen and oxygen atoms in total. The van der Waals surface area contributed by atoms with Gasteiger partial charge in [0.05, 0.1) is 0 Å². The summed E-state index contributed by atoms with van der Waals surface area (Å²) in [6, 6.07) is 14.4. The first-order valence-electron chi connectivity index (χ1n) is 4.42. The highest BCUT2D eigenvalue weighted by Crippen LogP contribution is 2.37. The molecule has 68 valence electrons. The molecule has 0 bridgehead atoms. The molecule has 3 rings (SSSR count). The minimum atomic E-state index is 0.847. The van der Waals surface area contributed by atoms with E-state index in [9.17, 15) is 0 Å². The molecule has 2 heteroatoms. The topological polar surface area (TPSA) is 0 Å². The van der Waals surface area contributed by atoms with Gasteiger partial charge in [-0.3, -0.25) is 0 Å². The lowest BCUT2D eigenvalue weighted by molar-refractivity contribution is 1.84. The van der Waals surface area contributed by atoms with Crippen molar-refractivity contribution in [3.8, 4) is 0 Å². The zero-order valence-corrected chi connectivity index (χ0v) is 8.90. The molecule has 2 aromatic carbocycles. The minimum Gasteiger partial charge on any atom is -0.135 e. The van der Waals surface area contributed by atoms with E-state index < -0.39 is 0 Å². The van der Waals surface area contributed by atoms with Gasteiger partial charge < -0.3 is 0 Å². The first-order chi connectivity index (χ1) is 6.86. The fourth-order valence-corrected chi connectivity index (χ4v) is 3.20. The summed E-state index contributed by atoms with van der Waals surface area (Å²) in [5.74, 6) is 0. The predicted molar refractivity (Wildman–Crippen MR) is 64.3 cm³/mol. The molecule has 0 aliphatic carbocycles. The number of thiophene rings is 1. The van der Waals surface area contributed by atoms with Crippen LogP contribution in [0.4, 0.5) is 0 Å². The maximum Gasteiger partial charge on any atom is 0.0499 e. The molecule has 0 amide bonds. The molecular formula is C12H7ClS. The fraction of sp³-hybridized carbons (Fsp3) is 0.